The molecule has 0 unspecified atom stereocenters. The van der Waals surface area contributed by atoms with Crippen molar-refractivity contribution in [1.82, 2.24) is 4.98 Å². The molecule has 0 aliphatic heterocycles. The zero-order chi connectivity index (χ0) is 15.6. The number of nitro groups is 2. The van der Waals surface area contributed by atoms with Crippen LogP contribution in [-0.4, -0.2) is 14.8 Å². The van der Waals surface area contributed by atoms with Gasteiger partial charge >= 0.3 is 0 Å². The molecule has 0 spiro atoms. The molecule has 0 fully saturated rings. The third kappa shape index (κ3) is 3.21. The van der Waals surface area contributed by atoms with E-state index in [-0.39, 0.29) is 29.4 Å². The Morgan fingerprint density at radius 2 is 1.57 bits per heavy atom. The number of hydrogen-bond acceptors (Lipinski definition) is 7. The predicted octanol–water partition coefficient (Wildman–Crippen LogP) is 1.65. The molecule has 2 aromatic rings. The fourth-order valence-electron chi connectivity index (χ4n) is 1.86. The molecule has 21 heavy (non-hydrogen) atoms. The highest BCUT2D eigenvalue weighted by Crippen LogP contribution is 2.25. The standard InChI is InChI=1S/C12H11N5O4/c13-11-2-1-8(12(14)15-11)3-7-4-9(16(18)19)6-10(5-7)17(20)21/h1-2,4-6H,3H2,(H4,13,14,15). The number of anilines is 2. The Kier molecular flexibility index (Phi) is 3.65. The van der Waals surface area contributed by atoms with Gasteiger partial charge in [0.05, 0.1) is 15.9 Å². The summed E-state index contributed by atoms with van der Waals surface area (Å²) in [7, 11) is 0. The molecule has 9 heteroatoms. The highest BCUT2D eigenvalue weighted by molar-refractivity contribution is 5.52. The number of benzene rings is 1. The minimum atomic E-state index is -0.679. The van der Waals surface area contributed by atoms with E-state index in [0.717, 1.165) is 6.07 Å². The summed E-state index contributed by atoms with van der Waals surface area (Å²) in [6.07, 6.45) is 0.182. The van der Waals surface area contributed by atoms with Crippen LogP contribution < -0.4 is 11.5 Å². The summed E-state index contributed by atoms with van der Waals surface area (Å²) in [5.74, 6) is 0.436. The van der Waals surface area contributed by atoms with Crippen LogP contribution in [0.15, 0.2) is 30.3 Å². The normalized spacial score (nSPS) is 10.3. The van der Waals surface area contributed by atoms with Crippen LogP contribution in [-0.2, 0) is 6.42 Å². The number of pyridine rings is 1. The van der Waals surface area contributed by atoms with Gasteiger partial charge in [-0.15, -0.1) is 0 Å². The van der Waals surface area contributed by atoms with Crippen molar-refractivity contribution in [3.8, 4) is 0 Å². The average molecular weight is 289 g/mol. The van der Waals surface area contributed by atoms with E-state index in [1.165, 1.54) is 18.2 Å². The predicted molar refractivity (Wildman–Crippen MR) is 75.6 cm³/mol. The Bertz CT molecular complexity index is 699. The SMILES string of the molecule is Nc1ccc(Cc2cc([N+](=O)[O-])cc([N+](=O)[O-])c2)c(N)n1. The second-order valence-electron chi connectivity index (χ2n) is 4.33. The molecule has 108 valence electrons. The largest absolute Gasteiger partial charge is 0.384 e. The van der Waals surface area contributed by atoms with Gasteiger partial charge in [0.25, 0.3) is 11.4 Å². The Hall–Kier alpha value is -3.23. The second kappa shape index (κ2) is 5.41. The Morgan fingerprint density at radius 3 is 2.05 bits per heavy atom. The van der Waals surface area contributed by atoms with E-state index in [0.29, 0.717) is 11.1 Å². The van der Waals surface area contributed by atoms with Crippen LogP contribution in [0.1, 0.15) is 11.1 Å². The minimum Gasteiger partial charge on any atom is -0.384 e. The quantitative estimate of drug-likeness (QED) is 0.641. The molecule has 1 aromatic heterocycles. The van der Waals surface area contributed by atoms with Crippen LogP contribution >= 0.6 is 0 Å². The van der Waals surface area contributed by atoms with Crippen LogP contribution in [0.5, 0.6) is 0 Å². The van der Waals surface area contributed by atoms with Crippen LogP contribution in [0, 0.1) is 20.2 Å². The van der Waals surface area contributed by atoms with Gasteiger partial charge in [0.2, 0.25) is 0 Å². The molecule has 1 heterocycles. The van der Waals surface area contributed by atoms with Gasteiger partial charge in [-0.1, -0.05) is 6.07 Å². The van der Waals surface area contributed by atoms with E-state index in [1.807, 2.05) is 0 Å². The maximum absolute atomic E-state index is 10.8. The smallest absolute Gasteiger partial charge is 0.276 e. The third-order valence-corrected chi connectivity index (χ3v) is 2.81. The first-order chi connectivity index (χ1) is 9.86. The lowest BCUT2D eigenvalue weighted by molar-refractivity contribution is -0.394. The minimum absolute atomic E-state index is 0.182. The van der Waals surface area contributed by atoms with E-state index in [4.69, 9.17) is 11.5 Å². The number of aromatic nitrogens is 1. The molecule has 2 rings (SSSR count). The van der Waals surface area contributed by atoms with Gasteiger partial charge < -0.3 is 11.5 Å². The first-order valence-electron chi connectivity index (χ1n) is 5.80. The number of nitrogen functional groups attached to an aromatic ring is 2. The topological polar surface area (TPSA) is 151 Å². The summed E-state index contributed by atoms with van der Waals surface area (Å²) in [6, 6.07) is 6.61. The second-order valence-corrected chi connectivity index (χ2v) is 4.33. The number of nitrogens with two attached hydrogens (primary N) is 2. The van der Waals surface area contributed by atoms with Crippen molar-refractivity contribution in [3.05, 3.63) is 61.7 Å². The zero-order valence-electron chi connectivity index (χ0n) is 10.7. The van der Waals surface area contributed by atoms with Crippen molar-refractivity contribution in [3.63, 3.8) is 0 Å². The summed E-state index contributed by atoms with van der Waals surface area (Å²) in [5, 5.41) is 21.6. The summed E-state index contributed by atoms with van der Waals surface area (Å²) >= 11 is 0. The molecule has 0 saturated carbocycles. The Labute approximate surface area is 118 Å². The van der Waals surface area contributed by atoms with Crippen LogP contribution in [0.2, 0.25) is 0 Å². The first-order valence-corrected chi connectivity index (χ1v) is 5.80. The molecule has 9 nitrogen and oxygen atoms in total. The third-order valence-electron chi connectivity index (χ3n) is 2.81. The summed E-state index contributed by atoms with van der Waals surface area (Å²) in [5.41, 5.74) is 11.5. The first kappa shape index (κ1) is 14.2. The van der Waals surface area contributed by atoms with E-state index in [1.54, 1.807) is 6.07 Å². The van der Waals surface area contributed by atoms with Gasteiger partial charge in [0, 0.05) is 18.6 Å². The maximum Gasteiger partial charge on any atom is 0.276 e. The number of rotatable bonds is 4. The molecule has 0 saturated heterocycles. The average Bonchev–Trinajstić information content (AvgIpc) is 2.41. The van der Waals surface area contributed by atoms with Crippen LogP contribution in [0.4, 0.5) is 23.0 Å². The lowest BCUT2D eigenvalue weighted by atomic mass is 10.0. The van der Waals surface area contributed by atoms with Crippen molar-refractivity contribution in [2.45, 2.75) is 6.42 Å². The monoisotopic (exact) mass is 289 g/mol. The van der Waals surface area contributed by atoms with E-state index in [9.17, 15) is 20.2 Å². The summed E-state index contributed by atoms with van der Waals surface area (Å²) < 4.78 is 0. The molecule has 0 amide bonds. The molecule has 0 radical (unpaired) electrons. The molecular formula is C12H11N5O4. The molecule has 1 aromatic carbocycles. The lowest BCUT2D eigenvalue weighted by Gasteiger charge is -2.06. The summed E-state index contributed by atoms with van der Waals surface area (Å²) in [6.45, 7) is 0. The number of nitro benzene ring substituents is 2. The van der Waals surface area contributed by atoms with E-state index in [2.05, 4.69) is 4.98 Å². The molecule has 0 aliphatic carbocycles. The lowest BCUT2D eigenvalue weighted by Crippen LogP contribution is -2.02. The van der Waals surface area contributed by atoms with Crippen molar-refractivity contribution in [2.75, 3.05) is 11.5 Å². The van der Waals surface area contributed by atoms with E-state index >= 15 is 0 Å². The van der Waals surface area contributed by atoms with Gasteiger partial charge in [-0.3, -0.25) is 20.2 Å². The fourth-order valence-corrected chi connectivity index (χ4v) is 1.86. The molecule has 0 aliphatic rings. The van der Waals surface area contributed by atoms with Crippen LogP contribution in [0.25, 0.3) is 0 Å². The Morgan fingerprint density at radius 1 is 1.00 bits per heavy atom. The van der Waals surface area contributed by atoms with Gasteiger partial charge in [-0.2, -0.15) is 0 Å². The maximum atomic E-state index is 10.8. The molecular weight excluding hydrogens is 278 g/mol. The zero-order valence-corrected chi connectivity index (χ0v) is 10.7. The van der Waals surface area contributed by atoms with Crippen molar-refractivity contribution < 1.29 is 9.85 Å². The number of nitrogens with zero attached hydrogens (tertiary/aromatic N) is 3. The van der Waals surface area contributed by atoms with Crippen LogP contribution in [0.3, 0.4) is 0 Å². The van der Waals surface area contributed by atoms with Gasteiger partial charge in [-0.25, -0.2) is 4.98 Å². The molecule has 0 atom stereocenters. The summed E-state index contributed by atoms with van der Waals surface area (Å²) in [4.78, 5) is 24.2. The molecule has 4 N–H and O–H groups in total. The van der Waals surface area contributed by atoms with Crippen molar-refractivity contribution in [1.29, 1.82) is 0 Å². The highest BCUT2D eigenvalue weighted by Gasteiger charge is 2.17. The number of non-ortho nitro benzene ring substituents is 2. The fraction of sp³-hybridized carbons (Fsp3) is 0.0833. The van der Waals surface area contributed by atoms with Crippen molar-refractivity contribution in [2.24, 2.45) is 0 Å². The molecule has 0 bridgehead atoms. The van der Waals surface area contributed by atoms with Gasteiger partial charge in [0.15, 0.2) is 0 Å². The van der Waals surface area contributed by atoms with Gasteiger partial charge in [0.1, 0.15) is 11.6 Å². The highest BCUT2D eigenvalue weighted by atomic mass is 16.6. The van der Waals surface area contributed by atoms with E-state index < -0.39 is 9.85 Å². The van der Waals surface area contributed by atoms with Gasteiger partial charge in [-0.05, 0) is 17.2 Å². The number of hydrogen-bond donors (Lipinski definition) is 2. The Balaban J connectivity index is 2.43. The van der Waals surface area contributed by atoms with Crippen molar-refractivity contribution >= 4 is 23.0 Å².